The molecule has 2 aliphatic rings. The number of hydrogen-bond donors (Lipinski definition) is 2. The van der Waals surface area contributed by atoms with Gasteiger partial charge in [-0.05, 0) is 43.9 Å². The fraction of sp³-hybridized carbons (Fsp3) is 0.600. The summed E-state index contributed by atoms with van der Waals surface area (Å²) in [5.41, 5.74) is 1.41. The van der Waals surface area contributed by atoms with Gasteiger partial charge >= 0.3 is 0 Å². The molecule has 1 amide bonds. The van der Waals surface area contributed by atoms with Gasteiger partial charge in [0.15, 0.2) is 5.96 Å². The van der Waals surface area contributed by atoms with Gasteiger partial charge in [0.1, 0.15) is 0 Å². The van der Waals surface area contributed by atoms with Crippen LogP contribution in [0.1, 0.15) is 45.1 Å². The highest BCUT2D eigenvalue weighted by molar-refractivity contribution is 14.0. The molecule has 7 heteroatoms. The molecule has 3 rings (SSSR count). The number of hydrogen-bond acceptors (Lipinski definition) is 2. The maximum Gasteiger partial charge on any atom is 0.222 e. The number of nitrogens with one attached hydrogen (secondary N) is 2. The minimum absolute atomic E-state index is 0. The van der Waals surface area contributed by atoms with Gasteiger partial charge in [0.05, 0.1) is 6.54 Å². The summed E-state index contributed by atoms with van der Waals surface area (Å²) in [5.74, 6) is 1.07. The van der Waals surface area contributed by atoms with E-state index in [9.17, 15) is 4.79 Å². The Hall–Kier alpha value is -1.02. The monoisotopic (exact) mass is 504 g/mol. The Bertz CT molecular complexity index is 678. The Balaban J connectivity index is 0.00000261. The third kappa shape index (κ3) is 5.73. The molecule has 0 spiro atoms. The van der Waals surface area contributed by atoms with Crippen LogP contribution in [0.2, 0.25) is 5.02 Å². The lowest BCUT2D eigenvalue weighted by Crippen LogP contribution is -2.45. The number of aliphatic imine (C=N–C) groups is 1. The van der Waals surface area contributed by atoms with Gasteiger partial charge in [-0.25, -0.2) is 0 Å². The maximum atomic E-state index is 11.9. The molecule has 1 aliphatic heterocycles. The SMILES string of the molecule is CCNC(=NCC1(c2cccc(Cl)c2)CC1)NC1CCN(C(=O)CC)C1.I. The van der Waals surface area contributed by atoms with Gasteiger partial charge in [-0.15, -0.1) is 24.0 Å². The molecule has 5 nitrogen and oxygen atoms in total. The summed E-state index contributed by atoms with van der Waals surface area (Å²) in [4.78, 5) is 18.7. The number of carbonyl (C=O) groups excluding carboxylic acids is 1. The van der Waals surface area contributed by atoms with Gasteiger partial charge in [0.2, 0.25) is 5.91 Å². The summed E-state index contributed by atoms with van der Waals surface area (Å²) in [6.45, 7) is 7.15. The summed E-state index contributed by atoms with van der Waals surface area (Å²) in [6, 6.07) is 8.42. The molecule has 1 saturated heterocycles. The Morgan fingerprint density at radius 1 is 1.37 bits per heavy atom. The molecule has 0 bridgehead atoms. The lowest BCUT2D eigenvalue weighted by atomic mass is 9.96. The van der Waals surface area contributed by atoms with Crippen molar-refractivity contribution in [2.45, 2.75) is 51.0 Å². The molecule has 0 radical (unpaired) electrons. The van der Waals surface area contributed by atoms with Crippen molar-refractivity contribution in [3.63, 3.8) is 0 Å². The van der Waals surface area contributed by atoms with Crippen molar-refractivity contribution >= 4 is 47.4 Å². The van der Waals surface area contributed by atoms with Crippen LogP contribution in [-0.4, -0.2) is 49.0 Å². The van der Waals surface area contributed by atoms with E-state index in [1.807, 2.05) is 24.0 Å². The molecular weight excluding hydrogens is 475 g/mol. The smallest absolute Gasteiger partial charge is 0.222 e. The highest BCUT2D eigenvalue weighted by Crippen LogP contribution is 2.48. The van der Waals surface area contributed by atoms with Crippen molar-refractivity contribution in [1.82, 2.24) is 15.5 Å². The third-order valence-electron chi connectivity index (χ3n) is 5.36. The summed E-state index contributed by atoms with van der Waals surface area (Å²) in [6.07, 6.45) is 3.84. The molecule has 2 N–H and O–H groups in total. The first-order valence-corrected chi connectivity index (χ1v) is 10.0. The number of halogens is 2. The average molecular weight is 505 g/mol. The zero-order chi connectivity index (χ0) is 18.6. The predicted octanol–water partition coefficient (Wildman–Crippen LogP) is 3.56. The van der Waals surface area contributed by atoms with Crippen molar-refractivity contribution in [1.29, 1.82) is 0 Å². The topological polar surface area (TPSA) is 56.7 Å². The molecular formula is C20H30ClIN4O. The minimum Gasteiger partial charge on any atom is -0.357 e. The molecule has 1 unspecified atom stereocenters. The molecule has 2 fully saturated rings. The second kappa shape index (κ2) is 9.96. The number of carbonyl (C=O) groups is 1. The van der Waals surface area contributed by atoms with Crippen LogP contribution in [-0.2, 0) is 10.2 Å². The van der Waals surface area contributed by atoms with E-state index >= 15 is 0 Å². The number of likely N-dealkylation sites (tertiary alicyclic amines) is 1. The first-order valence-electron chi connectivity index (χ1n) is 9.65. The number of benzene rings is 1. The third-order valence-corrected chi connectivity index (χ3v) is 5.59. The van der Waals surface area contributed by atoms with E-state index in [4.69, 9.17) is 16.6 Å². The van der Waals surface area contributed by atoms with Gasteiger partial charge in [-0.2, -0.15) is 0 Å². The van der Waals surface area contributed by atoms with Crippen molar-refractivity contribution in [3.8, 4) is 0 Å². The Morgan fingerprint density at radius 2 is 2.15 bits per heavy atom. The fourth-order valence-electron chi connectivity index (χ4n) is 3.58. The van der Waals surface area contributed by atoms with Gasteiger partial charge in [-0.3, -0.25) is 9.79 Å². The number of guanidine groups is 1. The van der Waals surface area contributed by atoms with Gasteiger partial charge in [0.25, 0.3) is 0 Å². The Kier molecular flexibility index (Phi) is 8.21. The van der Waals surface area contributed by atoms with Gasteiger partial charge in [-0.1, -0.05) is 30.7 Å². The summed E-state index contributed by atoms with van der Waals surface area (Å²) in [5, 5.41) is 7.63. The van der Waals surface area contributed by atoms with Crippen LogP contribution in [0, 0.1) is 0 Å². The van der Waals surface area contributed by atoms with Crippen LogP contribution in [0.25, 0.3) is 0 Å². The van der Waals surface area contributed by atoms with E-state index in [1.165, 1.54) is 5.56 Å². The van der Waals surface area contributed by atoms with E-state index < -0.39 is 0 Å². The van der Waals surface area contributed by atoms with Crippen LogP contribution in [0.3, 0.4) is 0 Å². The van der Waals surface area contributed by atoms with Crippen molar-refractivity contribution in [2.24, 2.45) is 4.99 Å². The maximum absolute atomic E-state index is 11.9. The lowest BCUT2D eigenvalue weighted by molar-refractivity contribution is -0.129. The summed E-state index contributed by atoms with van der Waals surface area (Å²) in [7, 11) is 0. The minimum atomic E-state index is 0. The second-order valence-electron chi connectivity index (χ2n) is 7.31. The summed E-state index contributed by atoms with van der Waals surface area (Å²) < 4.78 is 0. The van der Waals surface area contributed by atoms with E-state index in [0.717, 1.165) is 56.4 Å². The zero-order valence-corrected chi connectivity index (χ0v) is 19.2. The molecule has 27 heavy (non-hydrogen) atoms. The first kappa shape index (κ1) is 22.3. The zero-order valence-electron chi connectivity index (χ0n) is 16.1. The molecule has 0 aromatic heterocycles. The first-order chi connectivity index (χ1) is 12.6. The molecule has 150 valence electrons. The highest BCUT2D eigenvalue weighted by Gasteiger charge is 2.44. The fourth-order valence-corrected chi connectivity index (χ4v) is 3.77. The normalized spacial score (nSPS) is 20.8. The van der Waals surface area contributed by atoms with E-state index in [0.29, 0.717) is 6.42 Å². The lowest BCUT2D eigenvalue weighted by Gasteiger charge is -2.20. The van der Waals surface area contributed by atoms with E-state index in [2.05, 4.69) is 29.7 Å². The molecule has 1 atom stereocenters. The second-order valence-corrected chi connectivity index (χ2v) is 7.75. The van der Waals surface area contributed by atoms with E-state index in [1.54, 1.807) is 0 Å². The van der Waals surface area contributed by atoms with Gasteiger partial charge < -0.3 is 15.5 Å². The Morgan fingerprint density at radius 3 is 2.78 bits per heavy atom. The quantitative estimate of drug-likeness (QED) is 0.354. The highest BCUT2D eigenvalue weighted by atomic mass is 127. The van der Waals surface area contributed by atoms with E-state index in [-0.39, 0.29) is 41.3 Å². The van der Waals surface area contributed by atoms with Crippen molar-refractivity contribution in [2.75, 3.05) is 26.2 Å². The number of nitrogens with zero attached hydrogens (tertiary/aromatic N) is 2. The van der Waals surface area contributed by atoms with Crippen LogP contribution in [0.15, 0.2) is 29.3 Å². The molecule has 1 saturated carbocycles. The summed E-state index contributed by atoms with van der Waals surface area (Å²) >= 11 is 6.16. The van der Waals surface area contributed by atoms with Gasteiger partial charge in [0, 0.05) is 42.5 Å². The van der Waals surface area contributed by atoms with Crippen LogP contribution in [0.4, 0.5) is 0 Å². The molecule has 1 aliphatic carbocycles. The Labute approximate surface area is 184 Å². The molecule has 1 heterocycles. The predicted molar refractivity (Wildman–Crippen MR) is 122 cm³/mol. The number of amides is 1. The van der Waals surface area contributed by atoms with Crippen molar-refractivity contribution in [3.05, 3.63) is 34.9 Å². The van der Waals surface area contributed by atoms with Crippen LogP contribution >= 0.6 is 35.6 Å². The number of rotatable bonds is 6. The molecule has 1 aromatic carbocycles. The standard InChI is InChI=1S/C20H29ClN4O.HI/c1-3-18(26)25-11-8-17(13-25)24-19(22-4-2)23-14-20(9-10-20)15-6-5-7-16(21)12-15;/h5-7,12,17H,3-4,8-11,13-14H2,1-2H3,(H2,22,23,24);1H. The van der Waals surface area contributed by atoms with Crippen LogP contribution < -0.4 is 10.6 Å². The largest absolute Gasteiger partial charge is 0.357 e. The molecule has 1 aromatic rings. The van der Waals surface area contributed by atoms with Crippen LogP contribution in [0.5, 0.6) is 0 Å². The van der Waals surface area contributed by atoms with Crippen molar-refractivity contribution < 1.29 is 4.79 Å². The average Bonchev–Trinajstić information content (AvgIpc) is 3.30.